The number of rotatable bonds is 9. The first-order chi connectivity index (χ1) is 14.7. The Bertz CT molecular complexity index is 926. The van der Waals surface area contributed by atoms with Gasteiger partial charge in [-0.25, -0.2) is 8.78 Å². The van der Waals surface area contributed by atoms with Gasteiger partial charge in [-0.15, -0.1) is 0 Å². The normalized spacial score (nSPS) is 20.3. The zero-order chi connectivity index (χ0) is 22.7. The van der Waals surface area contributed by atoms with E-state index in [2.05, 4.69) is 9.72 Å². The minimum Gasteiger partial charge on any atom is -0.461 e. The van der Waals surface area contributed by atoms with Crippen LogP contribution in [-0.4, -0.2) is 40.8 Å². The second-order valence-electron chi connectivity index (χ2n) is 8.06. The minimum atomic E-state index is -3.28. The Kier molecular flexibility index (Phi) is 7.40. The fourth-order valence-corrected chi connectivity index (χ4v) is 3.86. The highest BCUT2D eigenvalue weighted by Crippen LogP contribution is 2.33. The molecule has 3 rings (SSSR count). The van der Waals surface area contributed by atoms with Crippen LogP contribution in [0.5, 0.6) is 11.8 Å². The van der Waals surface area contributed by atoms with Crippen LogP contribution in [0.25, 0.3) is 11.0 Å². The number of ether oxygens (including phenoxy) is 3. The van der Waals surface area contributed by atoms with Crippen LogP contribution >= 0.6 is 0 Å². The molecule has 1 aliphatic carbocycles. The van der Waals surface area contributed by atoms with E-state index in [4.69, 9.17) is 9.47 Å². The zero-order valence-corrected chi connectivity index (χ0v) is 17.7. The van der Waals surface area contributed by atoms with Crippen LogP contribution in [0.3, 0.4) is 0 Å². The molecule has 2 aromatic rings. The van der Waals surface area contributed by atoms with Crippen molar-refractivity contribution in [3.63, 3.8) is 0 Å². The third-order valence-electron chi connectivity index (χ3n) is 5.32. The highest BCUT2D eigenvalue weighted by atomic mass is 19.3. The Morgan fingerprint density at radius 1 is 1.23 bits per heavy atom. The number of Topliss-reactive ketones (excluding diaryl/α,β-unsaturated/α-hetero) is 1. The van der Waals surface area contributed by atoms with Gasteiger partial charge in [0.05, 0.1) is 6.10 Å². The van der Waals surface area contributed by atoms with Crippen LogP contribution in [-0.2, 0) is 16.6 Å². The van der Waals surface area contributed by atoms with Gasteiger partial charge in [-0.3, -0.25) is 4.57 Å². The number of carbonyl (C=O) groups excluding carboxylic acids is 1. The predicted molar refractivity (Wildman–Crippen MR) is 104 cm³/mol. The van der Waals surface area contributed by atoms with Gasteiger partial charge >= 0.3 is 6.61 Å². The van der Waals surface area contributed by atoms with Crippen LogP contribution < -0.4 is 9.47 Å². The van der Waals surface area contributed by atoms with E-state index < -0.39 is 24.0 Å². The highest BCUT2D eigenvalue weighted by molar-refractivity contribution is 5.80. The van der Waals surface area contributed by atoms with Crippen molar-refractivity contribution in [3.05, 3.63) is 17.7 Å². The summed E-state index contributed by atoms with van der Waals surface area (Å²) in [6, 6.07) is 0.553. The van der Waals surface area contributed by atoms with Gasteiger partial charge in [-0.1, -0.05) is 6.92 Å². The van der Waals surface area contributed by atoms with Gasteiger partial charge < -0.3 is 19.0 Å². The van der Waals surface area contributed by atoms with Crippen molar-refractivity contribution in [2.75, 3.05) is 6.61 Å². The summed E-state index contributed by atoms with van der Waals surface area (Å²) in [5.41, 5.74) is -0.616. The van der Waals surface area contributed by atoms with Gasteiger partial charge in [0.15, 0.2) is 17.4 Å². The second-order valence-corrected chi connectivity index (χ2v) is 8.06. The zero-order valence-electron chi connectivity index (χ0n) is 17.7. The molecule has 1 aromatic heterocycles. The van der Waals surface area contributed by atoms with Crippen LogP contribution in [0, 0.1) is 17.6 Å². The van der Waals surface area contributed by atoms with Gasteiger partial charge in [0, 0.05) is 26.1 Å². The predicted octanol–water partition coefficient (Wildman–Crippen LogP) is 4.77. The van der Waals surface area contributed by atoms with Crippen molar-refractivity contribution in [3.8, 4) is 11.8 Å². The molecule has 0 radical (unpaired) electrons. The maximum absolute atomic E-state index is 14.6. The molecule has 0 N–H and O–H groups in total. The molecule has 1 atom stereocenters. The number of ketones is 1. The lowest BCUT2D eigenvalue weighted by molar-refractivity contribution is -0.118. The molecule has 0 amide bonds. The lowest BCUT2D eigenvalue weighted by atomic mass is 9.95. The lowest BCUT2D eigenvalue weighted by Gasteiger charge is -2.29. The molecule has 1 aliphatic rings. The summed E-state index contributed by atoms with van der Waals surface area (Å²) in [5, 5.41) is 0. The van der Waals surface area contributed by atoms with Crippen molar-refractivity contribution in [2.45, 2.75) is 64.8 Å². The molecule has 0 spiro atoms. The Morgan fingerprint density at radius 2 is 1.87 bits per heavy atom. The summed E-state index contributed by atoms with van der Waals surface area (Å²) < 4.78 is 70.7. The van der Waals surface area contributed by atoms with Crippen LogP contribution in [0.15, 0.2) is 6.07 Å². The van der Waals surface area contributed by atoms with Crippen molar-refractivity contribution >= 4 is 16.8 Å². The molecular formula is C21H26F4N2O4. The third-order valence-corrected chi connectivity index (χ3v) is 5.32. The number of alkyl halides is 2. The molecule has 1 aromatic carbocycles. The molecule has 10 heteroatoms. The topological polar surface area (TPSA) is 62.6 Å². The minimum absolute atomic E-state index is 0.00134. The number of aromatic nitrogens is 2. The van der Waals surface area contributed by atoms with E-state index in [1.165, 1.54) is 11.6 Å². The largest absolute Gasteiger partial charge is 0.461 e. The molecule has 1 heterocycles. The van der Waals surface area contributed by atoms with Gasteiger partial charge in [0.2, 0.25) is 0 Å². The fourth-order valence-electron chi connectivity index (χ4n) is 3.86. The van der Waals surface area contributed by atoms with Crippen LogP contribution in [0.4, 0.5) is 17.6 Å². The van der Waals surface area contributed by atoms with Crippen LogP contribution in [0.2, 0.25) is 0 Å². The van der Waals surface area contributed by atoms with Crippen LogP contribution in [0.1, 0.15) is 46.0 Å². The molecule has 6 nitrogen and oxygen atoms in total. The molecule has 0 saturated heterocycles. The lowest BCUT2D eigenvalue weighted by Crippen LogP contribution is -2.30. The molecule has 0 aliphatic heterocycles. The van der Waals surface area contributed by atoms with Gasteiger partial charge in [-0.2, -0.15) is 13.8 Å². The van der Waals surface area contributed by atoms with E-state index >= 15 is 0 Å². The number of aryl methyl sites for hydroxylation is 1. The Morgan fingerprint density at radius 3 is 2.48 bits per heavy atom. The van der Waals surface area contributed by atoms with E-state index in [1.807, 2.05) is 6.92 Å². The average Bonchev–Trinajstić information content (AvgIpc) is 3.01. The summed E-state index contributed by atoms with van der Waals surface area (Å²) >= 11 is 0. The van der Waals surface area contributed by atoms with Crippen molar-refractivity contribution in [2.24, 2.45) is 13.0 Å². The van der Waals surface area contributed by atoms with Gasteiger partial charge in [0.25, 0.3) is 6.01 Å². The number of carbonyl (C=O) groups is 1. The van der Waals surface area contributed by atoms with Crippen molar-refractivity contribution in [1.82, 2.24) is 9.55 Å². The average molecular weight is 446 g/mol. The number of benzene rings is 1. The monoisotopic (exact) mass is 446 g/mol. The quantitative estimate of drug-likeness (QED) is 0.519. The SMILES string of the molecule is CC(=O)C[C@@H](C)COC1CCC(Oc2nc3c(F)cc(OC(F)F)c(F)c3n2C)CC1. The Balaban J connectivity index is 1.63. The van der Waals surface area contributed by atoms with Crippen molar-refractivity contribution in [1.29, 1.82) is 0 Å². The van der Waals surface area contributed by atoms with E-state index in [-0.39, 0.29) is 41.0 Å². The first-order valence-electron chi connectivity index (χ1n) is 10.2. The highest BCUT2D eigenvalue weighted by Gasteiger charge is 2.27. The van der Waals surface area contributed by atoms with Gasteiger partial charge in [0.1, 0.15) is 22.9 Å². The smallest absolute Gasteiger partial charge is 0.387 e. The molecular weight excluding hydrogens is 420 g/mol. The van der Waals surface area contributed by atoms with E-state index in [9.17, 15) is 22.4 Å². The van der Waals surface area contributed by atoms with Crippen molar-refractivity contribution < 1.29 is 36.6 Å². The molecule has 1 saturated carbocycles. The first-order valence-corrected chi connectivity index (χ1v) is 10.2. The summed E-state index contributed by atoms with van der Waals surface area (Å²) in [6.07, 6.45) is 3.17. The number of nitrogens with zero attached hydrogens (tertiary/aromatic N) is 2. The number of hydrogen-bond acceptors (Lipinski definition) is 5. The second kappa shape index (κ2) is 9.84. The standard InChI is InChI=1S/C21H26F4N2O4/c1-11(8-12(2)28)10-29-13-4-6-14(7-5-13)30-21-26-18-15(22)9-16(31-20(24)25)17(23)19(18)27(21)3/h9,11,13-14,20H,4-8,10H2,1-3H3/t11-,13?,14?/m1/s1. The summed E-state index contributed by atoms with van der Waals surface area (Å²) in [6.45, 7) is 0.767. The molecule has 0 bridgehead atoms. The van der Waals surface area contributed by atoms with Gasteiger partial charge in [-0.05, 0) is 38.5 Å². The molecule has 1 fully saturated rings. The summed E-state index contributed by atoms with van der Waals surface area (Å²) in [5.74, 6) is -2.69. The molecule has 0 unspecified atom stereocenters. The number of imidazole rings is 1. The number of halogens is 4. The number of hydrogen-bond donors (Lipinski definition) is 0. The number of fused-ring (bicyclic) bond motifs is 1. The third kappa shape index (κ3) is 5.66. The molecule has 31 heavy (non-hydrogen) atoms. The Hall–Kier alpha value is -2.36. The maximum atomic E-state index is 14.6. The molecule has 172 valence electrons. The summed E-state index contributed by atoms with van der Waals surface area (Å²) in [7, 11) is 1.42. The van der Waals surface area contributed by atoms with E-state index in [0.717, 1.165) is 12.8 Å². The van der Waals surface area contributed by atoms with E-state index in [1.54, 1.807) is 6.92 Å². The first kappa shape index (κ1) is 23.3. The fraction of sp³-hybridized carbons (Fsp3) is 0.619. The summed E-state index contributed by atoms with van der Waals surface area (Å²) in [4.78, 5) is 15.2. The van der Waals surface area contributed by atoms with E-state index in [0.29, 0.717) is 31.9 Å². The maximum Gasteiger partial charge on any atom is 0.387 e. The Labute approximate surface area is 177 Å².